The second kappa shape index (κ2) is 9.09. The van der Waals surface area contributed by atoms with Crippen molar-refractivity contribution in [3.05, 3.63) is 0 Å². The van der Waals surface area contributed by atoms with Gasteiger partial charge in [0.25, 0.3) is 0 Å². The van der Waals surface area contributed by atoms with Crippen LogP contribution >= 0.6 is 0 Å². The third-order valence-electron chi connectivity index (χ3n) is 2.36. The summed E-state index contributed by atoms with van der Waals surface area (Å²) in [7, 11) is 0. The van der Waals surface area contributed by atoms with Crippen LogP contribution in [-0.2, 0) is 14.2 Å². The van der Waals surface area contributed by atoms with Crippen LogP contribution in [0.5, 0.6) is 0 Å². The van der Waals surface area contributed by atoms with Crippen molar-refractivity contribution in [3.63, 3.8) is 0 Å². The maximum Gasteiger partial charge on any atom is 0.157 e. The Balaban J connectivity index is 1.79. The van der Waals surface area contributed by atoms with Gasteiger partial charge in [0.15, 0.2) is 6.29 Å². The maximum atomic E-state index is 8.47. The molecule has 0 aliphatic carbocycles. The van der Waals surface area contributed by atoms with Crippen LogP contribution in [0, 0.1) is 0 Å². The minimum absolute atomic E-state index is 0.0251. The van der Waals surface area contributed by atoms with E-state index in [-0.39, 0.29) is 12.9 Å². The third-order valence-corrected chi connectivity index (χ3v) is 2.36. The zero-order valence-corrected chi connectivity index (χ0v) is 9.32. The molecule has 0 spiro atoms. The van der Waals surface area contributed by atoms with Gasteiger partial charge in [-0.3, -0.25) is 0 Å². The van der Waals surface area contributed by atoms with E-state index in [0.29, 0.717) is 13.2 Å². The fourth-order valence-electron chi connectivity index (χ4n) is 1.53. The average molecular weight is 218 g/mol. The van der Waals surface area contributed by atoms with Crippen LogP contribution in [0.25, 0.3) is 0 Å². The normalized spacial score (nSPS) is 21.8. The van der Waals surface area contributed by atoms with Crippen LogP contribution in [0.3, 0.4) is 0 Å². The number of aliphatic hydroxyl groups excluding tert-OH is 1. The summed E-state index contributed by atoms with van der Waals surface area (Å²) >= 11 is 0. The van der Waals surface area contributed by atoms with Gasteiger partial charge in [0.05, 0.1) is 13.2 Å². The molecule has 1 saturated heterocycles. The van der Waals surface area contributed by atoms with E-state index in [1.54, 1.807) is 0 Å². The fraction of sp³-hybridized carbons (Fsp3) is 1.00. The van der Waals surface area contributed by atoms with E-state index < -0.39 is 0 Å². The number of rotatable bonds is 8. The summed E-state index contributed by atoms with van der Waals surface area (Å²) in [6.07, 6.45) is 5.40. The molecule has 0 aromatic rings. The summed E-state index contributed by atoms with van der Waals surface area (Å²) in [6.45, 7) is 2.83. The maximum absolute atomic E-state index is 8.47. The van der Waals surface area contributed by atoms with Crippen molar-refractivity contribution >= 4 is 0 Å². The van der Waals surface area contributed by atoms with Gasteiger partial charge in [-0.1, -0.05) is 0 Å². The van der Waals surface area contributed by atoms with Crippen LogP contribution in [0.15, 0.2) is 0 Å². The summed E-state index contributed by atoms with van der Waals surface area (Å²) in [5.41, 5.74) is 0. The van der Waals surface area contributed by atoms with Gasteiger partial charge in [-0.05, 0) is 32.1 Å². The first-order chi connectivity index (χ1) is 7.43. The molecule has 0 radical (unpaired) electrons. The molecule has 1 aliphatic heterocycles. The molecule has 4 nitrogen and oxygen atoms in total. The highest BCUT2D eigenvalue weighted by Crippen LogP contribution is 2.13. The van der Waals surface area contributed by atoms with E-state index in [2.05, 4.69) is 0 Å². The highest BCUT2D eigenvalue weighted by atomic mass is 16.7. The lowest BCUT2D eigenvalue weighted by Gasteiger charge is -2.22. The Morgan fingerprint density at radius 1 is 1.13 bits per heavy atom. The second-order valence-corrected chi connectivity index (χ2v) is 3.71. The topological polar surface area (TPSA) is 47.9 Å². The zero-order chi connectivity index (χ0) is 10.8. The molecular formula is C11H22O4. The number of ether oxygens (including phenoxy) is 3. The standard InChI is InChI=1S/C11H22O4/c12-6-10-13-7-3-4-9-15-11-5-1-2-8-14-11/h11-12H,1-10H2/t11-/m0/s1. The molecule has 0 aromatic heterocycles. The summed E-state index contributed by atoms with van der Waals surface area (Å²) in [5, 5.41) is 8.47. The van der Waals surface area contributed by atoms with Crippen molar-refractivity contribution in [1.82, 2.24) is 0 Å². The highest BCUT2D eigenvalue weighted by Gasteiger charge is 2.13. The van der Waals surface area contributed by atoms with Crippen LogP contribution in [-0.4, -0.2) is 44.4 Å². The molecule has 0 aromatic carbocycles. The number of aliphatic hydroxyl groups is 1. The van der Waals surface area contributed by atoms with Crippen LogP contribution < -0.4 is 0 Å². The van der Waals surface area contributed by atoms with Crippen molar-refractivity contribution in [2.75, 3.05) is 33.0 Å². The van der Waals surface area contributed by atoms with Gasteiger partial charge in [0.2, 0.25) is 0 Å². The quantitative estimate of drug-likeness (QED) is 0.624. The molecule has 0 bridgehead atoms. The Morgan fingerprint density at radius 2 is 2.00 bits per heavy atom. The number of hydrogen-bond donors (Lipinski definition) is 1. The van der Waals surface area contributed by atoms with Crippen molar-refractivity contribution in [1.29, 1.82) is 0 Å². The largest absolute Gasteiger partial charge is 0.394 e. The van der Waals surface area contributed by atoms with Crippen molar-refractivity contribution in [2.45, 2.75) is 38.4 Å². The average Bonchev–Trinajstić information content (AvgIpc) is 2.29. The smallest absolute Gasteiger partial charge is 0.157 e. The number of unbranched alkanes of at least 4 members (excludes halogenated alkanes) is 1. The molecule has 1 heterocycles. The van der Waals surface area contributed by atoms with Crippen molar-refractivity contribution in [3.8, 4) is 0 Å². The molecule has 1 N–H and O–H groups in total. The van der Waals surface area contributed by atoms with Gasteiger partial charge in [0, 0.05) is 19.8 Å². The Labute approximate surface area is 91.5 Å². The summed E-state index contributed by atoms with van der Waals surface area (Å²) in [4.78, 5) is 0. The van der Waals surface area contributed by atoms with Crippen LogP contribution in [0.1, 0.15) is 32.1 Å². The van der Waals surface area contributed by atoms with Gasteiger partial charge in [0.1, 0.15) is 0 Å². The lowest BCUT2D eigenvalue weighted by molar-refractivity contribution is -0.163. The van der Waals surface area contributed by atoms with Crippen molar-refractivity contribution in [2.24, 2.45) is 0 Å². The summed E-state index contributed by atoms with van der Waals surface area (Å²) < 4.78 is 16.1. The minimum atomic E-state index is 0.0251. The molecule has 1 rings (SSSR count). The van der Waals surface area contributed by atoms with E-state index in [0.717, 1.165) is 38.9 Å². The van der Waals surface area contributed by atoms with E-state index in [1.165, 1.54) is 6.42 Å². The molecule has 15 heavy (non-hydrogen) atoms. The first-order valence-electron chi connectivity index (χ1n) is 5.85. The first-order valence-corrected chi connectivity index (χ1v) is 5.85. The lowest BCUT2D eigenvalue weighted by Crippen LogP contribution is -2.22. The first kappa shape index (κ1) is 12.9. The van der Waals surface area contributed by atoms with Gasteiger partial charge < -0.3 is 19.3 Å². The summed E-state index contributed by atoms with van der Waals surface area (Å²) in [6, 6.07) is 0. The predicted molar refractivity (Wildman–Crippen MR) is 56.7 cm³/mol. The van der Waals surface area contributed by atoms with Gasteiger partial charge in [-0.15, -0.1) is 0 Å². The molecule has 1 fully saturated rings. The zero-order valence-electron chi connectivity index (χ0n) is 9.32. The number of hydrogen-bond acceptors (Lipinski definition) is 4. The van der Waals surface area contributed by atoms with Crippen LogP contribution in [0.4, 0.5) is 0 Å². The fourth-order valence-corrected chi connectivity index (χ4v) is 1.53. The Kier molecular flexibility index (Phi) is 7.83. The molecular weight excluding hydrogens is 196 g/mol. The second-order valence-electron chi connectivity index (χ2n) is 3.71. The van der Waals surface area contributed by atoms with Gasteiger partial charge in [-0.2, -0.15) is 0 Å². The van der Waals surface area contributed by atoms with E-state index in [1.807, 2.05) is 0 Å². The van der Waals surface area contributed by atoms with E-state index >= 15 is 0 Å². The SMILES string of the molecule is OCCOCCCCO[C@H]1CCCCO1. The molecule has 90 valence electrons. The molecule has 1 atom stereocenters. The van der Waals surface area contributed by atoms with Gasteiger partial charge in [-0.25, -0.2) is 0 Å². The Hall–Kier alpha value is -0.160. The molecule has 4 heteroatoms. The molecule has 1 aliphatic rings. The third kappa shape index (κ3) is 6.84. The monoisotopic (exact) mass is 218 g/mol. The lowest BCUT2D eigenvalue weighted by atomic mass is 10.2. The summed E-state index contributed by atoms with van der Waals surface area (Å²) in [5.74, 6) is 0. The van der Waals surface area contributed by atoms with Crippen LogP contribution in [0.2, 0.25) is 0 Å². The van der Waals surface area contributed by atoms with E-state index in [4.69, 9.17) is 19.3 Å². The molecule has 0 amide bonds. The predicted octanol–water partition coefficient (Wildman–Crippen LogP) is 1.32. The Bertz CT molecular complexity index is 135. The highest BCUT2D eigenvalue weighted by molar-refractivity contribution is 4.53. The van der Waals surface area contributed by atoms with E-state index in [9.17, 15) is 0 Å². The molecule has 0 unspecified atom stereocenters. The van der Waals surface area contributed by atoms with Gasteiger partial charge >= 0.3 is 0 Å². The minimum Gasteiger partial charge on any atom is -0.394 e. The van der Waals surface area contributed by atoms with Crippen molar-refractivity contribution < 1.29 is 19.3 Å². The Morgan fingerprint density at radius 3 is 2.73 bits per heavy atom. The molecule has 0 saturated carbocycles.